The number of nitrogens with zero attached hydrogens (tertiary/aromatic N) is 3. The molecular formula is C17H13Cl2N3O3S. The molecule has 3 aromatic rings. The summed E-state index contributed by atoms with van der Waals surface area (Å²) < 4.78 is 12.9. The Labute approximate surface area is 163 Å². The number of aromatic nitrogens is 3. The van der Waals surface area contributed by atoms with Gasteiger partial charge in [0.1, 0.15) is 0 Å². The van der Waals surface area contributed by atoms with Crippen LogP contribution in [0.15, 0.2) is 35.6 Å². The molecule has 0 fully saturated rings. The van der Waals surface area contributed by atoms with Gasteiger partial charge in [-0.1, -0.05) is 35.0 Å². The lowest BCUT2D eigenvalue weighted by atomic mass is 10.1. The van der Waals surface area contributed by atoms with Crippen LogP contribution in [0.3, 0.4) is 0 Å². The third-order valence-corrected chi connectivity index (χ3v) is 5.22. The summed E-state index contributed by atoms with van der Waals surface area (Å²) in [4.78, 5) is 12.6. The second-order valence-electron chi connectivity index (χ2n) is 5.61. The summed E-state index contributed by atoms with van der Waals surface area (Å²) in [7, 11) is 0. The largest absolute Gasteiger partial charge is 0.490 e. The average molecular weight is 410 g/mol. The van der Waals surface area contributed by atoms with Crippen molar-refractivity contribution in [3.05, 3.63) is 46.1 Å². The monoisotopic (exact) mass is 409 g/mol. The van der Waals surface area contributed by atoms with Crippen LogP contribution in [0, 0.1) is 0 Å². The van der Waals surface area contributed by atoms with Gasteiger partial charge in [-0.05, 0) is 24.3 Å². The van der Waals surface area contributed by atoms with Crippen LogP contribution in [0.4, 0.5) is 0 Å². The molecule has 0 saturated heterocycles. The zero-order chi connectivity index (χ0) is 18.1. The second kappa shape index (κ2) is 7.34. The Morgan fingerprint density at radius 2 is 1.96 bits per heavy atom. The fourth-order valence-corrected chi connectivity index (χ4v) is 3.86. The quantitative estimate of drug-likeness (QED) is 0.475. The SMILES string of the molecule is O=C(CSc1nnc2c(Cl)cc(Cl)cn12)c1ccc2c(c1)OCCCO2. The molecule has 0 radical (unpaired) electrons. The van der Waals surface area contributed by atoms with E-state index in [-0.39, 0.29) is 11.5 Å². The van der Waals surface area contributed by atoms with E-state index < -0.39 is 0 Å². The smallest absolute Gasteiger partial charge is 0.196 e. The van der Waals surface area contributed by atoms with Crippen molar-refractivity contribution in [2.24, 2.45) is 0 Å². The number of carbonyl (C=O) groups excluding carboxylic acids is 1. The number of thioether (sulfide) groups is 1. The molecule has 1 aliphatic rings. The van der Waals surface area contributed by atoms with E-state index in [0.29, 0.717) is 51.1 Å². The molecule has 2 aromatic heterocycles. The van der Waals surface area contributed by atoms with E-state index in [0.717, 1.165) is 6.42 Å². The number of pyridine rings is 1. The molecule has 6 nitrogen and oxygen atoms in total. The van der Waals surface area contributed by atoms with E-state index in [9.17, 15) is 4.79 Å². The molecule has 3 heterocycles. The molecular weight excluding hydrogens is 397 g/mol. The Kier molecular flexibility index (Phi) is 4.93. The zero-order valence-corrected chi connectivity index (χ0v) is 15.8. The maximum Gasteiger partial charge on any atom is 0.196 e. The predicted molar refractivity (Wildman–Crippen MR) is 100 cm³/mol. The number of rotatable bonds is 4. The van der Waals surface area contributed by atoms with Crippen molar-refractivity contribution in [1.82, 2.24) is 14.6 Å². The first-order valence-electron chi connectivity index (χ1n) is 7.87. The summed E-state index contributed by atoms with van der Waals surface area (Å²) in [5.74, 6) is 1.42. The van der Waals surface area contributed by atoms with Crippen LogP contribution in [0.1, 0.15) is 16.8 Å². The Morgan fingerprint density at radius 3 is 2.81 bits per heavy atom. The number of benzene rings is 1. The van der Waals surface area contributed by atoms with Crippen molar-refractivity contribution in [2.75, 3.05) is 19.0 Å². The number of halogens is 2. The van der Waals surface area contributed by atoms with Gasteiger partial charge < -0.3 is 9.47 Å². The summed E-state index contributed by atoms with van der Waals surface area (Å²) >= 11 is 13.4. The maximum atomic E-state index is 12.6. The lowest BCUT2D eigenvalue weighted by Crippen LogP contribution is -2.04. The van der Waals surface area contributed by atoms with Gasteiger partial charge in [-0.3, -0.25) is 9.20 Å². The third-order valence-electron chi connectivity index (χ3n) is 3.80. The van der Waals surface area contributed by atoms with Crippen LogP contribution in [-0.2, 0) is 0 Å². The molecule has 0 unspecified atom stereocenters. The number of ketones is 1. The van der Waals surface area contributed by atoms with Crippen molar-refractivity contribution >= 4 is 46.4 Å². The Bertz CT molecular complexity index is 993. The van der Waals surface area contributed by atoms with Gasteiger partial charge in [-0.2, -0.15) is 0 Å². The zero-order valence-electron chi connectivity index (χ0n) is 13.4. The van der Waals surface area contributed by atoms with Gasteiger partial charge in [0.05, 0.1) is 29.0 Å². The van der Waals surface area contributed by atoms with Crippen molar-refractivity contribution in [2.45, 2.75) is 11.6 Å². The van der Waals surface area contributed by atoms with Crippen molar-refractivity contribution in [1.29, 1.82) is 0 Å². The molecule has 0 bridgehead atoms. The summed E-state index contributed by atoms with van der Waals surface area (Å²) in [5.41, 5.74) is 1.06. The summed E-state index contributed by atoms with van der Waals surface area (Å²) in [6.45, 7) is 1.19. The number of hydrogen-bond acceptors (Lipinski definition) is 6. The number of fused-ring (bicyclic) bond motifs is 2. The van der Waals surface area contributed by atoms with Crippen LogP contribution in [0.25, 0.3) is 5.65 Å². The summed E-state index contributed by atoms with van der Waals surface area (Å²) in [5, 5.41) is 9.54. The molecule has 1 aromatic carbocycles. The highest BCUT2D eigenvalue weighted by Gasteiger charge is 2.16. The van der Waals surface area contributed by atoms with Gasteiger partial charge in [-0.25, -0.2) is 0 Å². The molecule has 0 saturated carbocycles. The highest BCUT2D eigenvalue weighted by Crippen LogP contribution is 2.31. The fourth-order valence-electron chi connectivity index (χ4n) is 2.55. The minimum atomic E-state index is -0.0458. The topological polar surface area (TPSA) is 65.7 Å². The first-order valence-corrected chi connectivity index (χ1v) is 9.61. The molecule has 0 amide bonds. The normalized spacial score (nSPS) is 13.6. The van der Waals surface area contributed by atoms with Crippen LogP contribution in [0.2, 0.25) is 10.0 Å². The van der Waals surface area contributed by atoms with Crippen molar-refractivity contribution in [3.8, 4) is 11.5 Å². The standard InChI is InChI=1S/C17H13Cl2N3O3S/c18-11-7-12(19)16-20-21-17(22(16)8-11)26-9-13(23)10-2-3-14-15(6-10)25-5-1-4-24-14/h2-3,6-8H,1,4-5,9H2. The average Bonchev–Trinajstić information content (AvgIpc) is 2.88. The highest BCUT2D eigenvalue weighted by molar-refractivity contribution is 7.99. The minimum absolute atomic E-state index is 0.0458. The Balaban J connectivity index is 1.52. The van der Waals surface area contributed by atoms with E-state index in [1.165, 1.54) is 11.8 Å². The lowest BCUT2D eigenvalue weighted by molar-refractivity contribution is 0.102. The lowest BCUT2D eigenvalue weighted by Gasteiger charge is -2.08. The van der Waals surface area contributed by atoms with Gasteiger partial charge in [0, 0.05) is 18.2 Å². The van der Waals surface area contributed by atoms with E-state index in [1.54, 1.807) is 34.9 Å². The highest BCUT2D eigenvalue weighted by atomic mass is 35.5. The van der Waals surface area contributed by atoms with Gasteiger partial charge in [0.15, 0.2) is 28.1 Å². The molecule has 0 N–H and O–H groups in total. The molecule has 9 heteroatoms. The molecule has 26 heavy (non-hydrogen) atoms. The third kappa shape index (κ3) is 3.47. The van der Waals surface area contributed by atoms with E-state index in [4.69, 9.17) is 32.7 Å². The van der Waals surface area contributed by atoms with Gasteiger partial charge in [-0.15, -0.1) is 10.2 Å². The minimum Gasteiger partial charge on any atom is -0.490 e. The predicted octanol–water partition coefficient (Wildman–Crippen LogP) is 4.17. The van der Waals surface area contributed by atoms with Crippen LogP contribution in [-0.4, -0.2) is 39.3 Å². The molecule has 4 rings (SSSR count). The maximum absolute atomic E-state index is 12.6. The Hall–Kier alpha value is -1.96. The first-order chi connectivity index (χ1) is 12.6. The second-order valence-corrected chi connectivity index (χ2v) is 7.39. The Morgan fingerprint density at radius 1 is 1.15 bits per heavy atom. The first kappa shape index (κ1) is 17.5. The number of carbonyl (C=O) groups is 1. The van der Waals surface area contributed by atoms with E-state index in [2.05, 4.69) is 10.2 Å². The fraction of sp³-hybridized carbons (Fsp3) is 0.235. The van der Waals surface area contributed by atoms with Gasteiger partial charge in [0.2, 0.25) is 0 Å². The number of hydrogen-bond donors (Lipinski definition) is 0. The van der Waals surface area contributed by atoms with Crippen molar-refractivity contribution < 1.29 is 14.3 Å². The molecule has 0 spiro atoms. The molecule has 1 aliphatic heterocycles. The van der Waals surface area contributed by atoms with E-state index in [1.807, 2.05) is 0 Å². The summed E-state index contributed by atoms with van der Waals surface area (Å²) in [6, 6.07) is 6.83. The summed E-state index contributed by atoms with van der Waals surface area (Å²) in [6.07, 6.45) is 2.49. The van der Waals surface area contributed by atoms with Crippen molar-refractivity contribution in [3.63, 3.8) is 0 Å². The molecule has 134 valence electrons. The van der Waals surface area contributed by atoms with Gasteiger partial charge >= 0.3 is 0 Å². The van der Waals surface area contributed by atoms with Crippen LogP contribution < -0.4 is 9.47 Å². The molecule has 0 atom stereocenters. The van der Waals surface area contributed by atoms with Crippen LogP contribution >= 0.6 is 35.0 Å². The number of ether oxygens (including phenoxy) is 2. The van der Waals surface area contributed by atoms with E-state index >= 15 is 0 Å². The number of Topliss-reactive ketones (excluding diaryl/α,β-unsaturated/α-hetero) is 1. The molecule has 0 aliphatic carbocycles. The van der Waals surface area contributed by atoms with Gasteiger partial charge in [0.25, 0.3) is 0 Å². The van der Waals surface area contributed by atoms with Crippen LogP contribution in [0.5, 0.6) is 11.5 Å².